The highest BCUT2D eigenvalue weighted by atomic mass is 16.5. The van der Waals surface area contributed by atoms with Crippen molar-refractivity contribution in [2.24, 2.45) is 4.99 Å². The number of ether oxygens (including phenoxy) is 1. The standard InChI is InChI=1S/C40H41N5O2/c1-29(46)44(28-31-17-25-36(47-5)26-18-31)39-37-13-9-10-14-38(37)41-40(43(4)27-30-15-21-34(22-16-30)42(2)3)45(39)35-23-19-33(20-24-35)32-11-7-6-8-12-32/h6-26,39H,27-28H2,1-5H3. The zero-order valence-corrected chi connectivity index (χ0v) is 27.7. The summed E-state index contributed by atoms with van der Waals surface area (Å²) in [6.45, 7) is 2.70. The third kappa shape index (κ3) is 6.84. The summed E-state index contributed by atoms with van der Waals surface area (Å²) in [5.74, 6) is 1.51. The number of guanidine groups is 1. The first-order chi connectivity index (χ1) is 22.8. The Kier molecular flexibility index (Phi) is 9.25. The van der Waals surface area contributed by atoms with Crippen molar-refractivity contribution in [1.29, 1.82) is 0 Å². The number of anilines is 2. The zero-order chi connectivity index (χ0) is 32.9. The fraction of sp³-hybridized carbons (Fsp3) is 0.200. The molecular formula is C40H41N5O2. The molecule has 238 valence electrons. The monoisotopic (exact) mass is 623 g/mol. The van der Waals surface area contributed by atoms with Crippen LogP contribution in [0, 0.1) is 0 Å². The molecule has 0 N–H and O–H groups in total. The summed E-state index contributed by atoms with van der Waals surface area (Å²) in [5.41, 5.74) is 8.36. The number of methoxy groups -OCH3 is 1. The highest BCUT2D eigenvalue weighted by molar-refractivity contribution is 6.01. The van der Waals surface area contributed by atoms with Crippen molar-refractivity contribution in [3.63, 3.8) is 0 Å². The van der Waals surface area contributed by atoms with E-state index in [0.29, 0.717) is 13.1 Å². The van der Waals surface area contributed by atoms with Gasteiger partial charge in [-0.05, 0) is 64.7 Å². The molecule has 0 saturated heterocycles. The van der Waals surface area contributed by atoms with Crippen LogP contribution in [0.2, 0.25) is 0 Å². The summed E-state index contributed by atoms with van der Waals surface area (Å²) in [5, 5.41) is 0. The van der Waals surface area contributed by atoms with Gasteiger partial charge >= 0.3 is 0 Å². The first-order valence-corrected chi connectivity index (χ1v) is 15.8. The second kappa shape index (κ2) is 13.8. The van der Waals surface area contributed by atoms with Crippen molar-refractivity contribution in [1.82, 2.24) is 9.80 Å². The van der Waals surface area contributed by atoms with Crippen LogP contribution in [-0.4, -0.2) is 49.9 Å². The van der Waals surface area contributed by atoms with Gasteiger partial charge in [-0.25, -0.2) is 4.99 Å². The molecular weight excluding hydrogens is 582 g/mol. The maximum absolute atomic E-state index is 13.7. The molecule has 1 unspecified atom stereocenters. The number of rotatable bonds is 9. The average Bonchev–Trinajstić information content (AvgIpc) is 3.10. The van der Waals surface area contributed by atoms with Crippen LogP contribution in [0.3, 0.4) is 0 Å². The van der Waals surface area contributed by atoms with Crippen molar-refractivity contribution in [2.45, 2.75) is 26.2 Å². The van der Waals surface area contributed by atoms with E-state index in [1.165, 1.54) is 0 Å². The van der Waals surface area contributed by atoms with E-state index in [0.717, 1.165) is 56.6 Å². The molecule has 0 spiro atoms. The molecule has 6 rings (SSSR count). The van der Waals surface area contributed by atoms with Crippen LogP contribution in [0.4, 0.5) is 17.1 Å². The van der Waals surface area contributed by atoms with Gasteiger partial charge in [-0.1, -0.05) is 84.9 Å². The molecule has 1 amide bonds. The Bertz CT molecular complexity index is 1840. The Morgan fingerprint density at radius 2 is 1.32 bits per heavy atom. The van der Waals surface area contributed by atoms with E-state index in [-0.39, 0.29) is 5.91 Å². The maximum Gasteiger partial charge on any atom is 0.221 e. The topological polar surface area (TPSA) is 51.6 Å². The van der Waals surface area contributed by atoms with Crippen LogP contribution >= 0.6 is 0 Å². The summed E-state index contributed by atoms with van der Waals surface area (Å²) in [6.07, 6.45) is -0.445. The minimum absolute atomic E-state index is 0.0327. The summed E-state index contributed by atoms with van der Waals surface area (Å²) in [4.78, 5) is 27.3. The highest BCUT2D eigenvalue weighted by Gasteiger charge is 2.38. The number of aliphatic imine (C=N–C) groups is 1. The van der Waals surface area contributed by atoms with Crippen molar-refractivity contribution in [3.8, 4) is 16.9 Å². The van der Waals surface area contributed by atoms with Crippen LogP contribution in [-0.2, 0) is 17.9 Å². The number of nitrogens with zero attached hydrogens (tertiary/aromatic N) is 5. The molecule has 7 nitrogen and oxygen atoms in total. The lowest BCUT2D eigenvalue weighted by Gasteiger charge is -2.45. The Morgan fingerprint density at radius 3 is 1.96 bits per heavy atom. The Labute approximate surface area is 278 Å². The zero-order valence-electron chi connectivity index (χ0n) is 27.7. The maximum atomic E-state index is 13.7. The minimum atomic E-state index is -0.445. The number of amides is 1. The van der Waals surface area contributed by atoms with Gasteiger partial charge in [0.05, 0.1) is 12.8 Å². The summed E-state index contributed by atoms with van der Waals surface area (Å²) in [6, 6.07) is 43.5. The first-order valence-electron chi connectivity index (χ1n) is 15.8. The molecule has 0 radical (unpaired) electrons. The second-order valence-electron chi connectivity index (χ2n) is 12.0. The van der Waals surface area contributed by atoms with Gasteiger partial charge in [-0.3, -0.25) is 9.69 Å². The lowest BCUT2D eigenvalue weighted by Crippen LogP contribution is -2.52. The molecule has 5 aromatic carbocycles. The molecule has 0 bridgehead atoms. The van der Waals surface area contributed by atoms with Crippen molar-refractivity contribution >= 4 is 28.9 Å². The summed E-state index contributed by atoms with van der Waals surface area (Å²) in [7, 11) is 7.81. The number of hydrogen-bond donors (Lipinski definition) is 0. The molecule has 0 aromatic heterocycles. The highest BCUT2D eigenvalue weighted by Crippen LogP contribution is 2.42. The number of hydrogen-bond acceptors (Lipinski definition) is 6. The first kappa shape index (κ1) is 31.4. The number of carbonyl (C=O) groups is 1. The quantitative estimate of drug-likeness (QED) is 0.166. The lowest BCUT2D eigenvalue weighted by molar-refractivity contribution is -0.131. The van der Waals surface area contributed by atoms with Gasteiger partial charge in [0.25, 0.3) is 0 Å². The van der Waals surface area contributed by atoms with Gasteiger partial charge in [0, 0.05) is 58.1 Å². The minimum Gasteiger partial charge on any atom is -0.497 e. The van der Waals surface area contributed by atoms with E-state index in [4.69, 9.17) is 9.73 Å². The predicted molar refractivity (Wildman–Crippen MR) is 192 cm³/mol. The normalized spacial score (nSPS) is 13.8. The predicted octanol–water partition coefficient (Wildman–Crippen LogP) is 8.12. The van der Waals surface area contributed by atoms with E-state index in [9.17, 15) is 4.79 Å². The molecule has 1 aliphatic heterocycles. The Hall–Kier alpha value is -5.56. The van der Waals surface area contributed by atoms with E-state index in [1.807, 2.05) is 67.5 Å². The molecule has 1 aliphatic rings. The van der Waals surface area contributed by atoms with Crippen molar-refractivity contribution in [2.75, 3.05) is 38.1 Å². The molecule has 47 heavy (non-hydrogen) atoms. The number of benzene rings is 5. The van der Waals surface area contributed by atoms with E-state index in [2.05, 4.69) is 101 Å². The summed E-state index contributed by atoms with van der Waals surface area (Å²) >= 11 is 0. The van der Waals surface area contributed by atoms with Gasteiger partial charge in [-0.15, -0.1) is 0 Å². The summed E-state index contributed by atoms with van der Waals surface area (Å²) < 4.78 is 5.40. The molecule has 7 heteroatoms. The van der Waals surface area contributed by atoms with Crippen LogP contribution in [0.5, 0.6) is 5.75 Å². The van der Waals surface area contributed by atoms with Gasteiger partial charge in [-0.2, -0.15) is 0 Å². The number of fused-ring (bicyclic) bond motifs is 1. The third-order valence-corrected chi connectivity index (χ3v) is 8.57. The van der Waals surface area contributed by atoms with E-state index >= 15 is 0 Å². The SMILES string of the molecule is COc1ccc(CN(C(C)=O)C2c3ccccc3N=C(N(C)Cc3ccc(N(C)C)cc3)N2c2ccc(-c3ccccc3)cc2)cc1. The van der Waals surface area contributed by atoms with Gasteiger partial charge in [0.2, 0.25) is 11.9 Å². The van der Waals surface area contributed by atoms with Gasteiger partial charge < -0.3 is 19.4 Å². The molecule has 0 saturated carbocycles. The molecule has 5 aromatic rings. The van der Waals surface area contributed by atoms with Crippen LogP contribution in [0.1, 0.15) is 29.8 Å². The molecule has 1 heterocycles. The second-order valence-corrected chi connectivity index (χ2v) is 12.0. The van der Waals surface area contributed by atoms with E-state index < -0.39 is 6.17 Å². The fourth-order valence-corrected chi connectivity index (χ4v) is 6.04. The van der Waals surface area contributed by atoms with Gasteiger partial charge in [0.1, 0.15) is 11.9 Å². The van der Waals surface area contributed by atoms with Crippen LogP contribution < -0.4 is 14.5 Å². The molecule has 0 fully saturated rings. The van der Waals surface area contributed by atoms with Gasteiger partial charge in [0.15, 0.2) is 0 Å². The third-order valence-electron chi connectivity index (χ3n) is 8.57. The van der Waals surface area contributed by atoms with Crippen LogP contribution in [0.15, 0.2) is 132 Å². The Balaban J connectivity index is 1.45. The molecule has 0 aliphatic carbocycles. The number of para-hydroxylation sites is 1. The fourth-order valence-electron chi connectivity index (χ4n) is 6.04. The largest absolute Gasteiger partial charge is 0.497 e. The molecule has 1 atom stereocenters. The number of carbonyl (C=O) groups excluding carboxylic acids is 1. The van der Waals surface area contributed by atoms with E-state index in [1.54, 1.807) is 14.0 Å². The smallest absolute Gasteiger partial charge is 0.221 e. The lowest BCUT2D eigenvalue weighted by atomic mass is 10.0. The van der Waals surface area contributed by atoms with Crippen molar-refractivity contribution < 1.29 is 9.53 Å². The average molecular weight is 624 g/mol. The van der Waals surface area contributed by atoms with Crippen LogP contribution in [0.25, 0.3) is 11.1 Å². The van der Waals surface area contributed by atoms with Crippen molar-refractivity contribution in [3.05, 3.63) is 144 Å². The Morgan fingerprint density at radius 1 is 0.723 bits per heavy atom.